The smallest absolute Gasteiger partial charge is 0.127 e. The van der Waals surface area contributed by atoms with E-state index in [0.29, 0.717) is 6.10 Å². The summed E-state index contributed by atoms with van der Waals surface area (Å²) >= 11 is 3.30. The summed E-state index contributed by atoms with van der Waals surface area (Å²) in [5, 5.41) is 3.18. The van der Waals surface area contributed by atoms with Crippen molar-refractivity contribution in [1.82, 2.24) is 4.98 Å². The zero-order valence-electron chi connectivity index (χ0n) is 6.46. The third-order valence-corrected chi connectivity index (χ3v) is 2.07. The Bertz CT molecular complexity index is 276. The summed E-state index contributed by atoms with van der Waals surface area (Å²) in [5.41, 5.74) is 0. The predicted octanol–water partition coefficient (Wildman–Crippen LogP) is 1.65. The summed E-state index contributed by atoms with van der Waals surface area (Å²) < 4.78 is 5.91. The molecule has 1 atom stereocenters. The largest absolute Gasteiger partial charge is 0.371 e. The van der Waals surface area contributed by atoms with Crippen LogP contribution in [0.3, 0.4) is 0 Å². The van der Waals surface area contributed by atoms with Gasteiger partial charge in [0.05, 0.1) is 12.7 Å². The Labute approximate surface area is 79.3 Å². The molecule has 0 aliphatic carbocycles. The molecule has 64 valence electrons. The van der Waals surface area contributed by atoms with Crippen molar-refractivity contribution in [2.24, 2.45) is 0 Å². The molecule has 0 unspecified atom stereocenters. The first-order valence-electron chi connectivity index (χ1n) is 3.82. The molecule has 0 bridgehead atoms. The number of nitrogens with zero attached hydrogens (tertiary/aromatic N) is 1. The van der Waals surface area contributed by atoms with Crippen molar-refractivity contribution in [2.75, 3.05) is 18.5 Å². The van der Waals surface area contributed by atoms with Gasteiger partial charge >= 0.3 is 0 Å². The van der Waals surface area contributed by atoms with E-state index in [4.69, 9.17) is 4.74 Å². The van der Waals surface area contributed by atoms with Gasteiger partial charge in [-0.15, -0.1) is 0 Å². The highest BCUT2D eigenvalue weighted by Gasteiger charge is 2.21. The zero-order chi connectivity index (χ0) is 8.39. The number of aromatic nitrogens is 1. The van der Waals surface area contributed by atoms with Crippen LogP contribution >= 0.6 is 15.9 Å². The lowest BCUT2D eigenvalue weighted by atomic mass is 10.4. The maximum atomic E-state index is 5.06. The summed E-state index contributed by atoms with van der Waals surface area (Å²) in [7, 11) is 0. The first kappa shape index (κ1) is 8.01. The monoisotopic (exact) mass is 228 g/mol. The standard InChI is InChI=1S/C8H9BrN2O/c9-7-2-1-3-8(11-7)10-4-6-5-12-6/h1-3,6H,4-5H2,(H,10,11)/t6-/m1/s1. The molecule has 1 N–H and O–H groups in total. The van der Waals surface area contributed by atoms with Gasteiger partial charge in [0, 0.05) is 6.54 Å². The lowest BCUT2D eigenvalue weighted by molar-refractivity contribution is 0.416. The van der Waals surface area contributed by atoms with E-state index in [-0.39, 0.29) is 0 Å². The van der Waals surface area contributed by atoms with Crippen LogP contribution in [0.25, 0.3) is 0 Å². The molecule has 0 saturated carbocycles. The van der Waals surface area contributed by atoms with Crippen LogP contribution in [0, 0.1) is 0 Å². The lowest BCUT2D eigenvalue weighted by Crippen LogP contribution is -2.08. The number of epoxide rings is 1. The first-order chi connectivity index (χ1) is 5.84. The second-order valence-corrected chi connectivity index (χ2v) is 3.49. The van der Waals surface area contributed by atoms with Gasteiger partial charge in [-0.25, -0.2) is 4.98 Å². The number of ether oxygens (including phenoxy) is 1. The Balaban J connectivity index is 1.92. The van der Waals surface area contributed by atoms with E-state index in [2.05, 4.69) is 26.2 Å². The van der Waals surface area contributed by atoms with Gasteiger partial charge in [-0.1, -0.05) is 6.07 Å². The zero-order valence-corrected chi connectivity index (χ0v) is 8.04. The second-order valence-electron chi connectivity index (χ2n) is 2.68. The number of pyridine rings is 1. The van der Waals surface area contributed by atoms with Crippen LogP contribution in [-0.4, -0.2) is 24.2 Å². The summed E-state index contributed by atoms with van der Waals surface area (Å²) in [4.78, 5) is 4.22. The number of hydrogen-bond donors (Lipinski definition) is 1. The van der Waals surface area contributed by atoms with Crippen molar-refractivity contribution in [3.05, 3.63) is 22.8 Å². The van der Waals surface area contributed by atoms with Crippen molar-refractivity contribution in [1.29, 1.82) is 0 Å². The van der Waals surface area contributed by atoms with Gasteiger partial charge in [0.2, 0.25) is 0 Å². The molecule has 0 spiro atoms. The summed E-state index contributed by atoms with van der Waals surface area (Å²) in [6.07, 6.45) is 0.394. The molecule has 12 heavy (non-hydrogen) atoms. The number of hydrogen-bond acceptors (Lipinski definition) is 3. The minimum atomic E-state index is 0.394. The van der Waals surface area contributed by atoms with E-state index in [1.807, 2.05) is 18.2 Å². The van der Waals surface area contributed by atoms with E-state index in [9.17, 15) is 0 Å². The van der Waals surface area contributed by atoms with Crippen LogP contribution in [0.15, 0.2) is 22.8 Å². The molecule has 1 aliphatic rings. The Hall–Kier alpha value is -0.610. The molecule has 1 aliphatic heterocycles. The molecule has 1 aromatic rings. The molecule has 1 aromatic heterocycles. The van der Waals surface area contributed by atoms with E-state index in [1.54, 1.807) is 0 Å². The van der Waals surface area contributed by atoms with Crippen molar-refractivity contribution in [2.45, 2.75) is 6.10 Å². The quantitative estimate of drug-likeness (QED) is 0.632. The lowest BCUT2D eigenvalue weighted by Gasteiger charge is -2.02. The highest BCUT2D eigenvalue weighted by atomic mass is 79.9. The van der Waals surface area contributed by atoms with Gasteiger partial charge in [-0.3, -0.25) is 0 Å². The first-order valence-corrected chi connectivity index (χ1v) is 4.62. The van der Waals surface area contributed by atoms with Crippen LogP contribution in [0.2, 0.25) is 0 Å². The molecular formula is C8H9BrN2O. The SMILES string of the molecule is Brc1cccc(NC[C@@H]2CO2)n1. The fraction of sp³-hybridized carbons (Fsp3) is 0.375. The number of anilines is 1. The van der Waals surface area contributed by atoms with Gasteiger partial charge in [0.25, 0.3) is 0 Å². The maximum absolute atomic E-state index is 5.06. The summed E-state index contributed by atoms with van der Waals surface area (Å²) in [6.45, 7) is 1.73. The van der Waals surface area contributed by atoms with E-state index >= 15 is 0 Å². The molecule has 2 heterocycles. The van der Waals surface area contributed by atoms with Crippen LogP contribution in [-0.2, 0) is 4.74 Å². The molecule has 2 rings (SSSR count). The average Bonchev–Trinajstić information content (AvgIpc) is 2.84. The summed E-state index contributed by atoms with van der Waals surface area (Å²) in [6, 6.07) is 5.79. The molecule has 3 nitrogen and oxygen atoms in total. The predicted molar refractivity (Wildman–Crippen MR) is 50.2 cm³/mol. The van der Waals surface area contributed by atoms with E-state index in [1.165, 1.54) is 0 Å². The Morgan fingerprint density at radius 1 is 1.67 bits per heavy atom. The highest BCUT2D eigenvalue weighted by molar-refractivity contribution is 9.10. The summed E-state index contributed by atoms with van der Waals surface area (Å²) in [5.74, 6) is 0.889. The molecule has 1 fully saturated rings. The Morgan fingerprint density at radius 2 is 2.50 bits per heavy atom. The minimum absolute atomic E-state index is 0.394. The number of rotatable bonds is 3. The molecule has 0 radical (unpaired) electrons. The third kappa shape index (κ3) is 2.19. The number of nitrogens with one attached hydrogen (secondary N) is 1. The van der Waals surface area contributed by atoms with Gasteiger partial charge < -0.3 is 10.1 Å². The van der Waals surface area contributed by atoms with E-state index in [0.717, 1.165) is 23.6 Å². The average molecular weight is 229 g/mol. The van der Waals surface area contributed by atoms with Gasteiger partial charge in [-0.05, 0) is 28.1 Å². The fourth-order valence-electron chi connectivity index (χ4n) is 0.911. The van der Waals surface area contributed by atoms with Crippen molar-refractivity contribution in [3.63, 3.8) is 0 Å². The van der Waals surface area contributed by atoms with Gasteiger partial charge in [-0.2, -0.15) is 0 Å². The van der Waals surface area contributed by atoms with Crippen LogP contribution in [0.5, 0.6) is 0 Å². The van der Waals surface area contributed by atoms with Gasteiger partial charge in [0.1, 0.15) is 10.4 Å². The fourth-order valence-corrected chi connectivity index (χ4v) is 1.25. The van der Waals surface area contributed by atoms with Crippen molar-refractivity contribution < 1.29 is 4.74 Å². The topological polar surface area (TPSA) is 37.5 Å². The third-order valence-electron chi connectivity index (χ3n) is 1.63. The van der Waals surface area contributed by atoms with Crippen molar-refractivity contribution in [3.8, 4) is 0 Å². The molecule has 0 amide bonds. The highest BCUT2D eigenvalue weighted by Crippen LogP contribution is 2.12. The van der Waals surface area contributed by atoms with Gasteiger partial charge in [0.15, 0.2) is 0 Å². The Morgan fingerprint density at radius 3 is 3.17 bits per heavy atom. The van der Waals surface area contributed by atoms with Crippen molar-refractivity contribution >= 4 is 21.7 Å². The molecular weight excluding hydrogens is 220 g/mol. The molecule has 4 heteroatoms. The molecule has 1 saturated heterocycles. The van der Waals surface area contributed by atoms with Crippen LogP contribution in [0.4, 0.5) is 5.82 Å². The molecule has 0 aromatic carbocycles. The second kappa shape index (κ2) is 3.41. The number of halogens is 1. The van der Waals surface area contributed by atoms with Crippen LogP contribution < -0.4 is 5.32 Å². The Kier molecular flexibility index (Phi) is 2.28. The minimum Gasteiger partial charge on any atom is -0.371 e. The maximum Gasteiger partial charge on any atom is 0.127 e. The normalized spacial score (nSPS) is 20.6. The van der Waals surface area contributed by atoms with Crippen LogP contribution in [0.1, 0.15) is 0 Å². The van der Waals surface area contributed by atoms with E-state index < -0.39 is 0 Å².